The van der Waals surface area contributed by atoms with E-state index in [2.05, 4.69) is 26.6 Å². The van der Waals surface area contributed by atoms with Crippen LogP contribution in [0.15, 0.2) is 28.7 Å². The largest absolute Gasteiger partial charge is 0.493 e. The fourth-order valence-corrected chi connectivity index (χ4v) is 2.83. The van der Waals surface area contributed by atoms with Crippen molar-refractivity contribution in [2.75, 3.05) is 25.6 Å². The van der Waals surface area contributed by atoms with Crippen LogP contribution in [0.25, 0.3) is 0 Å². The van der Waals surface area contributed by atoms with E-state index in [0.29, 0.717) is 28.6 Å². The normalized spacial score (nSPS) is 10.4. The zero-order valence-electron chi connectivity index (χ0n) is 15.6. The van der Waals surface area contributed by atoms with Gasteiger partial charge in [-0.05, 0) is 46.6 Å². The molecule has 0 radical (unpaired) electrons. The fraction of sp³-hybridized carbons (Fsp3) is 0.263. The molecular weight excluding hydrogens is 457 g/mol. The maximum atomic E-state index is 13.6. The molecule has 29 heavy (non-hydrogen) atoms. The van der Waals surface area contributed by atoms with E-state index in [9.17, 15) is 22.8 Å². The minimum absolute atomic E-state index is 0.185. The van der Waals surface area contributed by atoms with Crippen LogP contribution in [0.4, 0.5) is 18.9 Å². The van der Waals surface area contributed by atoms with Crippen molar-refractivity contribution in [2.45, 2.75) is 13.3 Å². The van der Waals surface area contributed by atoms with Crippen molar-refractivity contribution in [3.63, 3.8) is 0 Å². The van der Waals surface area contributed by atoms with Gasteiger partial charge >= 0.3 is 0 Å². The second kappa shape index (κ2) is 10.1. The van der Waals surface area contributed by atoms with Crippen LogP contribution in [0.2, 0.25) is 0 Å². The molecule has 2 N–H and O–H groups in total. The van der Waals surface area contributed by atoms with Crippen molar-refractivity contribution >= 4 is 33.4 Å². The summed E-state index contributed by atoms with van der Waals surface area (Å²) in [4.78, 5) is 24.2. The molecule has 0 aliphatic rings. The third-order valence-electron chi connectivity index (χ3n) is 3.66. The lowest BCUT2D eigenvalue weighted by molar-refractivity contribution is -0.115. The molecule has 0 saturated heterocycles. The van der Waals surface area contributed by atoms with Gasteiger partial charge in [0.05, 0.1) is 30.4 Å². The molecule has 0 aliphatic carbocycles. The highest BCUT2D eigenvalue weighted by molar-refractivity contribution is 9.10. The van der Waals surface area contributed by atoms with Crippen LogP contribution in [0.5, 0.6) is 11.5 Å². The van der Waals surface area contributed by atoms with E-state index >= 15 is 0 Å². The molecule has 2 aromatic carbocycles. The molecule has 0 aromatic heterocycles. The van der Waals surface area contributed by atoms with Crippen LogP contribution in [-0.4, -0.2) is 32.1 Å². The molecule has 2 amide bonds. The molecule has 2 rings (SSSR count). The van der Waals surface area contributed by atoms with Crippen LogP contribution >= 0.6 is 15.9 Å². The molecule has 0 saturated carbocycles. The average molecular weight is 475 g/mol. The Kier molecular flexibility index (Phi) is 7.89. The van der Waals surface area contributed by atoms with Crippen molar-refractivity contribution in [3.8, 4) is 11.5 Å². The Morgan fingerprint density at radius 3 is 2.52 bits per heavy atom. The first-order chi connectivity index (χ1) is 13.8. The second-order valence-corrected chi connectivity index (χ2v) is 6.65. The fourth-order valence-electron chi connectivity index (χ4n) is 2.27. The minimum Gasteiger partial charge on any atom is -0.493 e. The van der Waals surface area contributed by atoms with Gasteiger partial charge in [-0.3, -0.25) is 9.59 Å². The number of amides is 2. The molecule has 0 bridgehead atoms. The summed E-state index contributed by atoms with van der Waals surface area (Å²) in [7, 11) is 1.42. The van der Waals surface area contributed by atoms with Gasteiger partial charge in [-0.25, -0.2) is 13.2 Å². The molecule has 156 valence electrons. The summed E-state index contributed by atoms with van der Waals surface area (Å²) >= 11 is 3.31. The van der Waals surface area contributed by atoms with E-state index in [-0.39, 0.29) is 5.56 Å². The topological polar surface area (TPSA) is 76.7 Å². The predicted octanol–water partition coefficient (Wildman–Crippen LogP) is 4.03. The molecule has 2 aromatic rings. The first kappa shape index (κ1) is 22.5. The van der Waals surface area contributed by atoms with Gasteiger partial charge < -0.3 is 20.1 Å². The Morgan fingerprint density at radius 1 is 1.14 bits per heavy atom. The van der Waals surface area contributed by atoms with Crippen molar-refractivity contribution in [1.82, 2.24) is 5.32 Å². The van der Waals surface area contributed by atoms with Gasteiger partial charge in [0.1, 0.15) is 0 Å². The number of hydrogen-bond acceptors (Lipinski definition) is 4. The zero-order valence-corrected chi connectivity index (χ0v) is 17.2. The molecule has 0 unspecified atom stereocenters. The smallest absolute Gasteiger partial charge is 0.251 e. The monoisotopic (exact) mass is 474 g/mol. The molecule has 0 fully saturated rings. The van der Waals surface area contributed by atoms with Gasteiger partial charge in [-0.2, -0.15) is 0 Å². The molecule has 6 nitrogen and oxygen atoms in total. The standard InChI is InChI=1S/C19H18BrF3N2O4/c1-3-6-29-18-11(20)7-10(8-14(18)28-2)19(27)24-9-15(26)25-13-5-4-12(21)16(22)17(13)23/h4-5,7-8H,3,6,9H2,1-2H3,(H,24,27)(H,25,26). The number of benzene rings is 2. The SMILES string of the molecule is CCCOc1c(Br)cc(C(=O)NCC(=O)Nc2ccc(F)c(F)c2F)cc1OC. The molecular formula is C19H18BrF3N2O4. The second-order valence-electron chi connectivity index (χ2n) is 5.79. The van der Waals surface area contributed by atoms with Crippen LogP contribution in [-0.2, 0) is 4.79 Å². The van der Waals surface area contributed by atoms with E-state index in [4.69, 9.17) is 9.47 Å². The van der Waals surface area contributed by atoms with Crippen LogP contribution in [0.1, 0.15) is 23.7 Å². The van der Waals surface area contributed by atoms with Crippen LogP contribution < -0.4 is 20.1 Å². The van der Waals surface area contributed by atoms with Gasteiger partial charge in [0.15, 0.2) is 29.0 Å². The number of anilines is 1. The maximum absolute atomic E-state index is 13.6. The van der Waals surface area contributed by atoms with Crippen molar-refractivity contribution < 1.29 is 32.2 Å². The highest BCUT2D eigenvalue weighted by Gasteiger charge is 2.18. The van der Waals surface area contributed by atoms with Gasteiger partial charge in [-0.15, -0.1) is 0 Å². The van der Waals surface area contributed by atoms with Crippen molar-refractivity contribution in [1.29, 1.82) is 0 Å². The minimum atomic E-state index is -1.70. The third-order valence-corrected chi connectivity index (χ3v) is 4.25. The Bertz CT molecular complexity index is 925. The third kappa shape index (κ3) is 5.63. The summed E-state index contributed by atoms with van der Waals surface area (Å²) in [6.45, 7) is 1.88. The number of rotatable bonds is 8. The number of ether oxygens (including phenoxy) is 2. The first-order valence-corrected chi connectivity index (χ1v) is 9.29. The molecule has 0 aliphatic heterocycles. The number of nitrogens with one attached hydrogen (secondary N) is 2. The number of halogens is 4. The summed E-state index contributed by atoms with van der Waals surface area (Å²) in [5.74, 6) is -5.26. The molecule has 10 heteroatoms. The zero-order chi connectivity index (χ0) is 21.6. The van der Waals surface area contributed by atoms with Gasteiger partial charge in [-0.1, -0.05) is 6.92 Å². The molecule has 0 atom stereocenters. The van der Waals surface area contributed by atoms with Crippen molar-refractivity contribution in [3.05, 3.63) is 51.8 Å². The Morgan fingerprint density at radius 2 is 1.86 bits per heavy atom. The number of carbonyl (C=O) groups is 2. The lowest BCUT2D eigenvalue weighted by atomic mass is 10.2. The highest BCUT2D eigenvalue weighted by Crippen LogP contribution is 2.36. The molecule has 0 spiro atoms. The van der Waals surface area contributed by atoms with Gasteiger partial charge in [0, 0.05) is 5.56 Å². The summed E-state index contributed by atoms with van der Waals surface area (Å²) in [6, 6.07) is 4.50. The van der Waals surface area contributed by atoms with Crippen LogP contribution in [0.3, 0.4) is 0 Å². The lowest BCUT2D eigenvalue weighted by Gasteiger charge is -2.14. The predicted molar refractivity (Wildman–Crippen MR) is 104 cm³/mol. The van der Waals surface area contributed by atoms with Crippen LogP contribution in [0, 0.1) is 17.5 Å². The highest BCUT2D eigenvalue weighted by atomic mass is 79.9. The summed E-state index contributed by atoms with van der Waals surface area (Å²) in [6.07, 6.45) is 0.783. The van der Waals surface area contributed by atoms with Gasteiger partial charge in [0.2, 0.25) is 5.91 Å². The number of carbonyl (C=O) groups excluding carboxylic acids is 2. The summed E-state index contributed by atoms with van der Waals surface area (Å²) in [5.41, 5.74) is -0.352. The maximum Gasteiger partial charge on any atom is 0.251 e. The average Bonchev–Trinajstić information content (AvgIpc) is 2.71. The Balaban J connectivity index is 2.04. The van der Waals surface area contributed by atoms with E-state index < -0.39 is 41.5 Å². The number of hydrogen-bond donors (Lipinski definition) is 2. The van der Waals surface area contributed by atoms with E-state index in [0.717, 1.165) is 12.5 Å². The van der Waals surface area contributed by atoms with E-state index in [1.54, 1.807) is 0 Å². The Labute approximate surface area is 173 Å². The quantitative estimate of drug-likeness (QED) is 0.566. The summed E-state index contributed by atoms with van der Waals surface area (Å²) < 4.78 is 51.0. The summed E-state index contributed by atoms with van der Waals surface area (Å²) in [5, 5.41) is 4.41. The first-order valence-electron chi connectivity index (χ1n) is 8.50. The van der Waals surface area contributed by atoms with Gasteiger partial charge in [0.25, 0.3) is 5.91 Å². The van der Waals surface area contributed by atoms with Crippen molar-refractivity contribution in [2.24, 2.45) is 0 Å². The van der Waals surface area contributed by atoms with E-state index in [1.807, 2.05) is 6.92 Å². The lowest BCUT2D eigenvalue weighted by Crippen LogP contribution is -2.33. The molecule has 0 heterocycles. The number of methoxy groups -OCH3 is 1. The Hall–Kier alpha value is -2.75. The van der Waals surface area contributed by atoms with E-state index in [1.165, 1.54) is 19.2 Å².